The van der Waals surface area contributed by atoms with Crippen LogP contribution in [0, 0.1) is 0 Å². The Morgan fingerprint density at radius 1 is 0.386 bits per heavy atom. The number of hydrogen-bond donors (Lipinski definition) is 0. The van der Waals surface area contributed by atoms with Crippen LogP contribution in [0.15, 0.2) is 179 Å². The molecule has 0 saturated carbocycles. The highest BCUT2D eigenvalue weighted by molar-refractivity contribution is 6.26. The van der Waals surface area contributed by atoms with Crippen molar-refractivity contribution in [1.29, 1.82) is 0 Å². The lowest BCUT2D eigenvalue weighted by Crippen LogP contribution is -2.14. The number of fused-ring (bicyclic) bond motifs is 14. The molecule has 0 unspecified atom stereocenters. The summed E-state index contributed by atoms with van der Waals surface area (Å²) in [6.45, 7) is 3.97. The van der Waals surface area contributed by atoms with Gasteiger partial charge in [0.2, 0.25) is 0 Å². The minimum absolute atomic E-state index is 0.259. The molecular weight excluding hydrogens is 895 g/mol. The molecule has 13 rings (SSSR count). The van der Waals surface area contributed by atoms with E-state index in [2.05, 4.69) is 4.57 Å². The fraction of sp³-hybridized carbons (Fsp3) is 0.100. The van der Waals surface area contributed by atoms with Gasteiger partial charge in [-0.3, -0.25) is 0 Å². The van der Waals surface area contributed by atoms with Crippen molar-refractivity contribution in [3.63, 3.8) is 0 Å². The molecule has 9 aromatic carbocycles. The number of hydrogen-bond acceptors (Lipinski definition) is 2. The maximum Gasteiger partial charge on any atom is 0.416 e. The molecule has 0 aliphatic rings. The van der Waals surface area contributed by atoms with Crippen LogP contribution in [0.1, 0.15) is 36.1 Å². The summed E-state index contributed by atoms with van der Waals surface area (Å²) in [6.07, 6.45) is -8.75. The van der Waals surface area contributed by atoms with Gasteiger partial charge in [-0.15, -0.1) is 0 Å². The standard InChI is InChI=1S/C60H38F6N2O2/c1-3-37-51(33-15-13-17-35(31-33)59(61,62)63)56(68-46-24-10-6-22-44(46)54-48(68)30-28-42-40-20-8-12-26-50(40)70-58(42)54)52(34-16-14-18-36(32-34)60(64,65)66)38(4-2)55(37)67-45-23-9-5-21-43(45)53-47(67)29-27-41-39-19-7-11-25-49(39)69-57(41)53/h5-32H,3-4H2,1-2H3. The zero-order chi connectivity index (χ0) is 47.8. The predicted octanol–water partition coefficient (Wildman–Crippen LogP) is 18.2. The van der Waals surface area contributed by atoms with Crippen molar-refractivity contribution in [2.45, 2.75) is 39.0 Å². The number of nitrogens with zero attached hydrogens (tertiary/aromatic N) is 2. The van der Waals surface area contributed by atoms with E-state index in [1.54, 1.807) is 12.1 Å². The van der Waals surface area contributed by atoms with Crippen LogP contribution < -0.4 is 0 Å². The van der Waals surface area contributed by atoms with Crippen molar-refractivity contribution in [3.05, 3.63) is 192 Å². The van der Waals surface area contributed by atoms with E-state index in [0.29, 0.717) is 74.3 Å². The van der Waals surface area contributed by atoms with Gasteiger partial charge in [-0.1, -0.05) is 111 Å². The van der Waals surface area contributed by atoms with Crippen LogP contribution in [0.4, 0.5) is 26.3 Å². The maximum absolute atomic E-state index is 15.0. The normalized spacial score (nSPS) is 12.7. The Balaban J connectivity index is 1.29. The Kier molecular flexibility index (Phi) is 9.06. The molecule has 70 heavy (non-hydrogen) atoms. The highest BCUT2D eigenvalue weighted by Gasteiger charge is 2.36. The molecule has 0 radical (unpaired) electrons. The number of furan rings is 2. The van der Waals surface area contributed by atoms with Crippen LogP contribution in [0.25, 0.3) is 121 Å². The smallest absolute Gasteiger partial charge is 0.416 e. The second kappa shape index (κ2) is 15.1. The first-order valence-electron chi connectivity index (χ1n) is 23.2. The van der Waals surface area contributed by atoms with E-state index in [0.717, 1.165) is 71.8 Å². The van der Waals surface area contributed by atoms with Crippen molar-refractivity contribution < 1.29 is 35.2 Å². The topological polar surface area (TPSA) is 36.1 Å². The van der Waals surface area contributed by atoms with Gasteiger partial charge >= 0.3 is 12.4 Å². The highest BCUT2D eigenvalue weighted by atomic mass is 19.4. The van der Waals surface area contributed by atoms with Gasteiger partial charge in [0, 0.05) is 43.4 Å². The molecule has 0 aliphatic carbocycles. The Labute approximate surface area is 395 Å². The molecule has 342 valence electrons. The van der Waals surface area contributed by atoms with Crippen LogP contribution in [0.3, 0.4) is 0 Å². The Bertz CT molecular complexity index is 4230. The predicted molar refractivity (Wildman–Crippen MR) is 269 cm³/mol. The number of aromatic nitrogens is 2. The van der Waals surface area contributed by atoms with Crippen molar-refractivity contribution in [2.75, 3.05) is 0 Å². The first-order chi connectivity index (χ1) is 33.9. The third kappa shape index (κ3) is 5.98. The van der Waals surface area contributed by atoms with E-state index in [1.165, 1.54) is 24.3 Å². The van der Waals surface area contributed by atoms with Crippen LogP contribution in [-0.2, 0) is 25.2 Å². The molecular formula is C60H38F6N2O2. The summed E-state index contributed by atoms with van der Waals surface area (Å²) in [5.74, 6) is 0. The minimum atomic E-state index is -4.71. The van der Waals surface area contributed by atoms with Gasteiger partial charge in [-0.05, 0) is 108 Å². The summed E-state index contributed by atoms with van der Waals surface area (Å²) in [5.41, 5.74) is 7.96. The zero-order valence-electron chi connectivity index (χ0n) is 37.6. The van der Waals surface area contributed by atoms with E-state index >= 15 is 26.3 Å². The average molecular weight is 933 g/mol. The second-order valence-electron chi connectivity index (χ2n) is 17.8. The van der Waals surface area contributed by atoms with E-state index < -0.39 is 23.5 Å². The number of halogens is 6. The van der Waals surface area contributed by atoms with Crippen LogP contribution in [0.5, 0.6) is 0 Å². The van der Waals surface area contributed by atoms with E-state index in [1.807, 2.05) is 140 Å². The van der Waals surface area contributed by atoms with E-state index in [9.17, 15) is 0 Å². The Morgan fingerprint density at radius 2 is 0.786 bits per heavy atom. The number of benzene rings is 9. The number of alkyl halides is 6. The van der Waals surface area contributed by atoms with Gasteiger partial charge in [0.25, 0.3) is 0 Å². The summed E-state index contributed by atoms with van der Waals surface area (Å²) in [7, 11) is 0. The molecule has 0 bridgehead atoms. The number of para-hydroxylation sites is 4. The van der Waals surface area contributed by atoms with Gasteiger partial charge in [0.1, 0.15) is 22.3 Å². The first-order valence-corrected chi connectivity index (χ1v) is 23.2. The summed E-state index contributed by atoms with van der Waals surface area (Å²) < 4.78 is 108. The summed E-state index contributed by atoms with van der Waals surface area (Å²) in [5, 5.41) is 6.98. The minimum Gasteiger partial charge on any atom is -0.455 e. The lowest BCUT2D eigenvalue weighted by Gasteiger charge is -2.29. The fourth-order valence-corrected chi connectivity index (χ4v) is 11.3. The zero-order valence-corrected chi connectivity index (χ0v) is 37.6. The molecule has 4 nitrogen and oxygen atoms in total. The summed E-state index contributed by atoms with van der Waals surface area (Å²) in [4.78, 5) is 0. The highest BCUT2D eigenvalue weighted by Crippen LogP contribution is 2.52. The lowest BCUT2D eigenvalue weighted by atomic mass is 9.83. The Hall–Kier alpha value is -8.24. The molecule has 0 spiro atoms. The maximum atomic E-state index is 15.0. The van der Waals surface area contributed by atoms with Gasteiger partial charge in [0.05, 0.1) is 55.3 Å². The molecule has 0 amide bonds. The molecule has 4 heterocycles. The summed E-state index contributed by atoms with van der Waals surface area (Å²) in [6, 6.07) is 49.9. The van der Waals surface area contributed by atoms with E-state index in [-0.39, 0.29) is 11.1 Å². The van der Waals surface area contributed by atoms with Gasteiger partial charge in [-0.2, -0.15) is 26.3 Å². The third-order valence-corrected chi connectivity index (χ3v) is 14.1. The average Bonchev–Trinajstić information content (AvgIpc) is 4.12. The third-order valence-electron chi connectivity index (χ3n) is 14.1. The van der Waals surface area contributed by atoms with Crippen molar-refractivity contribution in [1.82, 2.24) is 9.13 Å². The monoisotopic (exact) mass is 932 g/mol. The van der Waals surface area contributed by atoms with Gasteiger partial charge in [-0.25, -0.2) is 0 Å². The van der Waals surface area contributed by atoms with Crippen LogP contribution in [0.2, 0.25) is 0 Å². The van der Waals surface area contributed by atoms with Crippen molar-refractivity contribution in [2.24, 2.45) is 0 Å². The molecule has 10 heteroatoms. The molecule has 13 aromatic rings. The molecule has 0 aliphatic heterocycles. The molecule has 0 atom stereocenters. The van der Waals surface area contributed by atoms with Gasteiger partial charge < -0.3 is 18.0 Å². The van der Waals surface area contributed by atoms with Crippen LogP contribution >= 0.6 is 0 Å². The SMILES string of the molecule is CCc1c(-c2cccc(C(F)(F)F)c2)c(-n2c3ccccc3c3c4oc5ccccc5c4ccc32)c(-c2cccc(C(F)(F)F)c2)c(CC)c1-n1c2ccccc2c2c3oc4ccccc4c3ccc21. The molecule has 0 fully saturated rings. The molecule has 0 N–H and O–H groups in total. The largest absolute Gasteiger partial charge is 0.455 e. The Morgan fingerprint density at radius 3 is 1.21 bits per heavy atom. The molecule has 4 aromatic heterocycles. The van der Waals surface area contributed by atoms with Crippen molar-refractivity contribution in [3.8, 4) is 33.6 Å². The fourth-order valence-electron chi connectivity index (χ4n) is 11.3. The van der Waals surface area contributed by atoms with Gasteiger partial charge in [0.15, 0.2) is 0 Å². The second-order valence-corrected chi connectivity index (χ2v) is 17.8. The quantitative estimate of drug-likeness (QED) is 0.156. The number of rotatable bonds is 6. The van der Waals surface area contributed by atoms with Crippen LogP contribution in [-0.4, -0.2) is 9.13 Å². The lowest BCUT2D eigenvalue weighted by molar-refractivity contribution is -0.138. The summed E-state index contributed by atoms with van der Waals surface area (Å²) >= 11 is 0. The first kappa shape index (κ1) is 41.9. The molecule has 0 saturated heterocycles. The van der Waals surface area contributed by atoms with E-state index in [4.69, 9.17) is 8.83 Å². The van der Waals surface area contributed by atoms with Crippen molar-refractivity contribution >= 4 is 87.5 Å².